The summed E-state index contributed by atoms with van der Waals surface area (Å²) in [6, 6.07) is 5.31. The fraction of sp³-hybridized carbons (Fsp3) is 0.375. The standard InChI is InChI=1S/C16H20N2O3/c1-4-9-18-10-8-17-15(18)11-12(19)16-13(20-2)6-5-7-14(16)21-3/h5-8,10H,4,9,11H2,1-3H3. The number of rotatable bonds is 7. The summed E-state index contributed by atoms with van der Waals surface area (Å²) < 4.78 is 12.6. The first-order chi connectivity index (χ1) is 10.2. The molecule has 1 aromatic carbocycles. The first-order valence-electron chi connectivity index (χ1n) is 6.95. The van der Waals surface area contributed by atoms with Crippen molar-refractivity contribution in [1.29, 1.82) is 0 Å². The van der Waals surface area contributed by atoms with Crippen molar-refractivity contribution in [3.8, 4) is 11.5 Å². The van der Waals surface area contributed by atoms with E-state index in [9.17, 15) is 4.79 Å². The van der Waals surface area contributed by atoms with Gasteiger partial charge in [-0.15, -0.1) is 0 Å². The number of methoxy groups -OCH3 is 2. The summed E-state index contributed by atoms with van der Waals surface area (Å²) in [6.07, 6.45) is 4.84. The fourth-order valence-electron chi connectivity index (χ4n) is 2.31. The number of imidazole rings is 1. The van der Waals surface area contributed by atoms with Crippen LogP contribution in [0.4, 0.5) is 0 Å². The zero-order valence-corrected chi connectivity index (χ0v) is 12.6. The minimum Gasteiger partial charge on any atom is -0.496 e. The molecular weight excluding hydrogens is 268 g/mol. The van der Waals surface area contributed by atoms with Crippen LogP contribution in [0.3, 0.4) is 0 Å². The van der Waals surface area contributed by atoms with E-state index in [0.29, 0.717) is 17.1 Å². The summed E-state index contributed by atoms with van der Waals surface area (Å²) in [6.45, 7) is 2.94. The first-order valence-corrected chi connectivity index (χ1v) is 6.95. The van der Waals surface area contributed by atoms with Gasteiger partial charge in [-0.05, 0) is 18.6 Å². The number of aromatic nitrogens is 2. The van der Waals surface area contributed by atoms with Gasteiger partial charge in [-0.2, -0.15) is 0 Å². The van der Waals surface area contributed by atoms with Crippen LogP contribution in [-0.4, -0.2) is 29.6 Å². The van der Waals surface area contributed by atoms with E-state index >= 15 is 0 Å². The van der Waals surface area contributed by atoms with Crippen molar-refractivity contribution >= 4 is 5.78 Å². The molecule has 0 bridgehead atoms. The second-order valence-electron chi connectivity index (χ2n) is 4.67. The molecule has 0 aliphatic rings. The number of ether oxygens (including phenoxy) is 2. The van der Waals surface area contributed by atoms with Gasteiger partial charge in [-0.25, -0.2) is 4.98 Å². The molecule has 2 aromatic rings. The third kappa shape index (κ3) is 3.24. The van der Waals surface area contributed by atoms with Crippen molar-refractivity contribution in [3.63, 3.8) is 0 Å². The maximum atomic E-state index is 12.6. The molecule has 0 aliphatic carbocycles. The quantitative estimate of drug-likeness (QED) is 0.735. The molecule has 0 spiro atoms. The number of hydrogen-bond donors (Lipinski definition) is 0. The van der Waals surface area contributed by atoms with Gasteiger partial charge in [0.2, 0.25) is 0 Å². The van der Waals surface area contributed by atoms with Gasteiger partial charge in [0.25, 0.3) is 0 Å². The highest BCUT2D eigenvalue weighted by Crippen LogP contribution is 2.29. The Kier molecular flexibility index (Phi) is 4.98. The molecular formula is C16H20N2O3. The van der Waals surface area contributed by atoms with Crippen LogP contribution >= 0.6 is 0 Å². The van der Waals surface area contributed by atoms with Gasteiger partial charge in [-0.3, -0.25) is 4.79 Å². The average Bonchev–Trinajstić information content (AvgIpc) is 2.93. The first kappa shape index (κ1) is 15.1. The van der Waals surface area contributed by atoms with Crippen molar-refractivity contribution in [2.75, 3.05) is 14.2 Å². The molecule has 0 saturated carbocycles. The molecule has 2 rings (SSSR count). The predicted molar refractivity (Wildman–Crippen MR) is 80.1 cm³/mol. The molecule has 5 heteroatoms. The molecule has 0 atom stereocenters. The van der Waals surface area contributed by atoms with Crippen LogP contribution in [0.15, 0.2) is 30.6 Å². The number of benzene rings is 1. The number of carbonyl (C=O) groups is 1. The van der Waals surface area contributed by atoms with Crippen molar-refractivity contribution in [1.82, 2.24) is 9.55 Å². The Balaban J connectivity index is 2.30. The lowest BCUT2D eigenvalue weighted by Gasteiger charge is -2.12. The second kappa shape index (κ2) is 6.92. The molecule has 1 heterocycles. The Bertz CT molecular complexity index is 597. The van der Waals surface area contributed by atoms with Gasteiger partial charge >= 0.3 is 0 Å². The topological polar surface area (TPSA) is 53.4 Å². The molecule has 1 aromatic heterocycles. The molecule has 0 N–H and O–H groups in total. The van der Waals surface area contributed by atoms with Crippen LogP contribution in [0.5, 0.6) is 11.5 Å². The summed E-state index contributed by atoms with van der Waals surface area (Å²) in [7, 11) is 3.09. The van der Waals surface area contributed by atoms with E-state index in [4.69, 9.17) is 9.47 Å². The summed E-state index contributed by atoms with van der Waals surface area (Å²) in [5.74, 6) is 1.74. The summed E-state index contributed by atoms with van der Waals surface area (Å²) >= 11 is 0. The van der Waals surface area contributed by atoms with E-state index in [-0.39, 0.29) is 12.2 Å². The highest BCUT2D eigenvalue weighted by molar-refractivity contribution is 6.02. The van der Waals surface area contributed by atoms with E-state index < -0.39 is 0 Å². The molecule has 0 amide bonds. The van der Waals surface area contributed by atoms with Crippen LogP contribution in [0.2, 0.25) is 0 Å². The zero-order chi connectivity index (χ0) is 15.2. The molecule has 0 saturated heterocycles. The third-order valence-electron chi connectivity index (χ3n) is 3.29. The van der Waals surface area contributed by atoms with Gasteiger partial charge in [-0.1, -0.05) is 13.0 Å². The smallest absolute Gasteiger partial charge is 0.177 e. The van der Waals surface area contributed by atoms with Crippen molar-refractivity contribution in [2.45, 2.75) is 26.3 Å². The molecule has 0 aliphatic heterocycles. The SMILES string of the molecule is CCCn1ccnc1CC(=O)c1c(OC)cccc1OC. The van der Waals surface area contributed by atoms with Gasteiger partial charge in [0.1, 0.15) is 22.9 Å². The van der Waals surface area contributed by atoms with Gasteiger partial charge in [0, 0.05) is 18.9 Å². The molecule has 21 heavy (non-hydrogen) atoms. The number of carbonyl (C=O) groups excluding carboxylic acids is 1. The Morgan fingerprint density at radius 1 is 1.24 bits per heavy atom. The molecule has 0 fully saturated rings. The van der Waals surface area contributed by atoms with Crippen LogP contribution in [0.1, 0.15) is 29.5 Å². The summed E-state index contributed by atoms with van der Waals surface area (Å²) in [5.41, 5.74) is 0.466. The number of nitrogens with zero attached hydrogens (tertiary/aromatic N) is 2. The molecule has 112 valence electrons. The number of Topliss-reactive ketones (excluding diaryl/α,β-unsaturated/α-hetero) is 1. The van der Waals surface area contributed by atoms with Crippen molar-refractivity contribution in [2.24, 2.45) is 0 Å². The monoisotopic (exact) mass is 288 g/mol. The maximum Gasteiger partial charge on any atom is 0.177 e. The number of hydrogen-bond acceptors (Lipinski definition) is 4. The largest absolute Gasteiger partial charge is 0.496 e. The summed E-state index contributed by atoms with van der Waals surface area (Å²) in [5, 5.41) is 0. The number of ketones is 1. The van der Waals surface area contributed by atoms with Crippen LogP contribution in [0, 0.1) is 0 Å². The van der Waals surface area contributed by atoms with Gasteiger partial charge in [0.05, 0.1) is 20.6 Å². The van der Waals surface area contributed by atoms with Crippen LogP contribution in [0.25, 0.3) is 0 Å². The Morgan fingerprint density at radius 3 is 2.48 bits per heavy atom. The third-order valence-corrected chi connectivity index (χ3v) is 3.29. The minimum absolute atomic E-state index is 0.0622. The van der Waals surface area contributed by atoms with Crippen LogP contribution < -0.4 is 9.47 Å². The minimum atomic E-state index is -0.0622. The molecule has 0 radical (unpaired) electrons. The lowest BCUT2D eigenvalue weighted by Crippen LogP contribution is -2.12. The number of aryl methyl sites for hydroxylation is 1. The van der Waals surface area contributed by atoms with E-state index in [1.807, 2.05) is 10.8 Å². The second-order valence-corrected chi connectivity index (χ2v) is 4.67. The van der Waals surface area contributed by atoms with E-state index in [0.717, 1.165) is 18.8 Å². The lowest BCUT2D eigenvalue weighted by molar-refractivity contribution is 0.0983. The zero-order valence-electron chi connectivity index (χ0n) is 12.6. The van der Waals surface area contributed by atoms with Gasteiger partial charge < -0.3 is 14.0 Å². The normalized spacial score (nSPS) is 10.4. The molecule has 0 unspecified atom stereocenters. The average molecular weight is 288 g/mol. The maximum absolute atomic E-state index is 12.6. The van der Waals surface area contributed by atoms with E-state index in [1.165, 1.54) is 0 Å². The fourth-order valence-corrected chi connectivity index (χ4v) is 2.31. The van der Waals surface area contributed by atoms with Gasteiger partial charge in [0.15, 0.2) is 5.78 Å². The van der Waals surface area contributed by atoms with Crippen molar-refractivity contribution < 1.29 is 14.3 Å². The predicted octanol–water partition coefficient (Wildman–Crippen LogP) is 2.74. The highest BCUT2D eigenvalue weighted by Gasteiger charge is 2.20. The van der Waals surface area contributed by atoms with Crippen LogP contribution in [-0.2, 0) is 13.0 Å². The Morgan fingerprint density at radius 2 is 1.90 bits per heavy atom. The van der Waals surface area contributed by atoms with E-state index in [1.54, 1.807) is 38.6 Å². The Hall–Kier alpha value is -2.30. The summed E-state index contributed by atoms with van der Waals surface area (Å²) in [4.78, 5) is 16.9. The molecule has 5 nitrogen and oxygen atoms in total. The Labute approximate surface area is 124 Å². The van der Waals surface area contributed by atoms with Crippen molar-refractivity contribution in [3.05, 3.63) is 42.0 Å². The lowest BCUT2D eigenvalue weighted by atomic mass is 10.1. The van der Waals surface area contributed by atoms with E-state index in [2.05, 4.69) is 11.9 Å². The highest BCUT2D eigenvalue weighted by atomic mass is 16.5.